The number of alkyl halides is 3. The van der Waals surface area contributed by atoms with E-state index in [1.807, 2.05) is 0 Å². The van der Waals surface area contributed by atoms with Crippen LogP contribution in [0, 0.1) is 0 Å². The molecule has 24 heavy (non-hydrogen) atoms. The van der Waals surface area contributed by atoms with Crippen molar-refractivity contribution in [3.63, 3.8) is 0 Å². The number of carboxylic acids is 1. The maximum Gasteiger partial charge on any atom is 0.390 e. The van der Waals surface area contributed by atoms with E-state index in [1.165, 1.54) is 12.1 Å². The number of nitrogens with zero attached hydrogens (tertiary/aromatic N) is 2. The lowest BCUT2D eigenvalue weighted by molar-refractivity contribution is -0.130. The fourth-order valence-corrected chi connectivity index (χ4v) is 3.66. The number of hydrogen-bond donors (Lipinski definition) is 1. The van der Waals surface area contributed by atoms with Crippen molar-refractivity contribution in [3.8, 4) is 0 Å². The Hall–Kier alpha value is -1.94. The molecule has 0 aliphatic carbocycles. The van der Waals surface area contributed by atoms with E-state index in [0.717, 1.165) is 4.31 Å². The fourth-order valence-electron chi connectivity index (χ4n) is 2.24. The first-order chi connectivity index (χ1) is 11.1. The second-order valence-electron chi connectivity index (χ2n) is 5.23. The number of aromatic nitrogens is 1. The van der Waals surface area contributed by atoms with Crippen LogP contribution in [0.1, 0.15) is 29.0 Å². The zero-order chi connectivity index (χ0) is 18.0. The van der Waals surface area contributed by atoms with E-state index in [-0.39, 0.29) is 25.2 Å². The smallest absolute Gasteiger partial charge is 0.390 e. The highest BCUT2D eigenvalue weighted by molar-refractivity contribution is 7.89. The summed E-state index contributed by atoms with van der Waals surface area (Å²) in [5.74, 6) is -2.16. The molecule has 0 atom stereocenters. The van der Waals surface area contributed by atoms with Crippen molar-refractivity contribution >= 4 is 21.6 Å². The SMILES string of the molecule is O=C(O)c1cccc(C2=CCN(S(=O)(=O)CCC(F)(F)F)CC2)n1. The van der Waals surface area contributed by atoms with Gasteiger partial charge in [-0.1, -0.05) is 12.1 Å². The molecule has 1 aromatic rings. The van der Waals surface area contributed by atoms with Crippen LogP contribution in [0.4, 0.5) is 13.2 Å². The molecule has 0 aromatic carbocycles. The molecule has 1 N–H and O–H groups in total. The van der Waals surface area contributed by atoms with E-state index < -0.39 is 34.3 Å². The molecule has 1 aliphatic rings. The van der Waals surface area contributed by atoms with Gasteiger partial charge in [-0.15, -0.1) is 0 Å². The third-order valence-electron chi connectivity index (χ3n) is 3.51. The second kappa shape index (κ2) is 6.89. The van der Waals surface area contributed by atoms with Gasteiger partial charge in [0.1, 0.15) is 5.69 Å². The number of aromatic carboxylic acids is 1. The van der Waals surface area contributed by atoms with Gasteiger partial charge in [0.2, 0.25) is 10.0 Å². The van der Waals surface area contributed by atoms with Crippen LogP contribution in [0.3, 0.4) is 0 Å². The molecular formula is C14H15F3N2O4S. The highest BCUT2D eigenvalue weighted by Gasteiger charge is 2.33. The second-order valence-corrected chi connectivity index (χ2v) is 7.32. The number of sulfonamides is 1. The van der Waals surface area contributed by atoms with Gasteiger partial charge < -0.3 is 5.11 Å². The Morgan fingerprint density at radius 3 is 2.58 bits per heavy atom. The third kappa shape index (κ3) is 4.78. The van der Waals surface area contributed by atoms with Crippen LogP contribution in [0.15, 0.2) is 24.3 Å². The molecule has 0 bridgehead atoms. The molecule has 0 saturated carbocycles. The number of halogens is 3. The first-order valence-electron chi connectivity index (χ1n) is 7.03. The largest absolute Gasteiger partial charge is 0.477 e. The molecule has 6 nitrogen and oxygen atoms in total. The zero-order valence-corrected chi connectivity index (χ0v) is 13.3. The Morgan fingerprint density at radius 2 is 2.04 bits per heavy atom. The maximum atomic E-state index is 12.2. The molecule has 2 heterocycles. The van der Waals surface area contributed by atoms with Crippen molar-refractivity contribution in [3.05, 3.63) is 35.7 Å². The molecule has 0 unspecified atom stereocenters. The van der Waals surface area contributed by atoms with E-state index in [2.05, 4.69) is 4.98 Å². The summed E-state index contributed by atoms with van der Waals surface area (Å²) in [7, 11) is -3.99. The summed E-state index contributed by atoms with van der Waals surface area (Å²) in [6, 6.07) is 4.47. The van der Waals surface area contributed by atoms with Crippen molar-refractivity contribution in [1.29, 1.82) is 0 Å². The number of carboxylic acid groups (broad SMARTS) is 1. The standard InChI is InChI=1S/C14H15F3N2O4S/c15-14(16,17)6-9-24(22,23)19-7-4-10(5-8-19)11-2-1-3-12(18-11)13(20)21/h1-4H,5-9H2,(H,20,21). The number of carbonyl (C=O) groups is 1. The lowest BCUT2D eigenvalue weighted by Gasteiger charge is -2.26. The van der Waals surface area contributed by atoms with Crippen molar-refractivity contribution < 1.29 is 31.5 Å². The van der Waals surface area contributed by atoms with E-state index in [0.29, 0.717) is 11.3 Å². The van der Waals surface area contributed by atoms with Gasteiger partial charge >= 0.3 is 12.1 Å². The van der Waals surface area contributed by atoms with E-state index in [9.17, 15) is 26.4 Å². The van der Waals surface area contributed by atoms with Gasteiger partial charge in [0.05, 0.1) is 17.9 Å². The molecule has 0 radical (unpaired) electrons. The zero-order valence-electron chi connectivity index (χ0n) is 12.5. The highest BCUT2D eigenvalue weighted by Crippen LogP contribution is 2.25. The Morgan fingerprint density at radius 1 is 1.33 bits per heavy atom. The van der Waals surface area contributed by atoms with Crippen LogP contribution in [0.2, 0.25) is 0 Å². The minimum atomic E-state index is -4.52. The average Bonchev–Trinajstić information content (AvgIpc) is 2.53. The monoisotopic (exact) mass is 364 g/mol. The van der Waals surface area contributed by atoms with Gasteiger partial charge in [0, 0.05) is 13.1 Å². The molecule has 1 aromatic heterocycles. The topological polar surface area (TPSA) is 87.6 Å². The van der Waals surface area contributed by atoms with E-state index in [1.54, 1.807) is 12.1 Å². The number of pyridine rings is 1. The van der Waals surface area contributed by atoms with Gasteiger partial charge in [0.25, 0.3) is 0 Å². The van der Waals surface area contributed by atoms with Crippen LogP contribution in [0.5, 0.6) is 0 Å². The van der Waals surface area contributed by atoms with Crippen LogP contribution >= 0.6 is 0 Å². The molecular weight excluding hydrogens is 349 g/mol. The number of hydrogen-bond acceptors (Lipinski definition) is 4. The predicted octanol–water partition coefficient (Wildman–Crippen LogP) is 2.15. The summed E-state index contributed by atoms with van der Waals surface area (Å²) in [5.41, 5.74) is 0.955. The summed E-state index contributed by atoms with van der Waals surface area (Å²) in [6.45, 7) is -0.0283. The van der Waals surface area contributed by atoms with Gasteiger partial charge in [-0.2, -0.15) is 17.5 Å². The minimum Gasteiger partial charge on any atom is -0.477 e. The molecule has 0 amide bonds. The normalized spacial score (nSPS) is 16.7. The lowest BCUT2D eigenvalue weighted by Crippen LogP contribution is -2.37. The summed E-state index contributed by atoms with van der Waals surface area (Å²) in [5, 5.41) is 8.92. The van der Waals surface area contributed by atoms with Crippen LogP contribution < -0.4 is 0 Å². The highest BCUT2D eigenvalue weighted by atomic mass is 32.2. The fraction of sp³-hybridized carbons (Fsp3) is 0.429. The Balaban J connectivity index is 2.08. The molecule has 0 saturated heterocycles. The maximum absolute atomic E-state index is 12.2. The molecule has 0 spiro atoms. The number of rotatable bonds is 5. The quantitative estimate of drug-likeness (QED) is 0.865. The van der Waals surface area contributed by atoms with Crippen LogP contribution in [-0.4, -0.2) is 53.8 Å². The van der Waals surface area contributed by atoms with Crippen molar-refractivity contribution in [2.45, 2.75) is 19.0 Å². The summed E-state index contributed by atoms with van der Waals surface area (Å²) >= 11 is 0. The first-order valence-corrected chi connectivity index (χ1v) is 8.64. The summed E-state index contributed by atoms with van der Waals surface area (Å²) in [6.07, 6.45) is -4.11. The Kier molecular flexibility index (Phi) is 5.29. The van der Waals surface area contributed by atoms with Gasteiger partial charge in [-0.3, -0.25) is 0 Å². The predicted molar refractivity (Wildman–Crippen MR) is 79.8 cm³/mol. The van der Waals surface area contributed by atoms with E-state index in [4.69, 9.17) is 5.11 Å². The van der Waals surface area contributed by atoms with Crippen molar-refractivity contribution in [2.24, 2.45) is 0 Å². The summed E-state index contributed by atoms with van der Waals surface area (Å²) in [4.78, 5) is 14.9. The van der Waals surface area contributed by atoms with Crippen LogP contribution in [0.25, 0.3) is 5.57 Å². The molecule has 2 rings (SSSR count). The molecule has 1 aliphatic heterocycles. The third-order valence-corrected chi connectivity index (χ3v) is 5.34. The first kappa shape index (κ1) is 18.4. The molecule has 0 fully saturated rings. The van der Waals surface area contributed by atoms with Gasteiger partial charge in [-0.25, -0.2) is 18.2 Å². The van der Waals surface area contributed by atoms with Crippen molar-refractivity contribution in [2.75, 3.05) is 18.8 Å². The molecule has 10 heteroatoms. The average molecular weight is 364 g/mol. The Bertz CT molecular complexity index is 760. The van der Waals surface area contributed by atoms with Gasteiger partial charge in [-0.05, 0) is 24.1 Å². The Labute approximate surface area is 136 Å². The van der Waals surface area contributed by atoms with Crippen LogP contribution in [-0.2, 0) is 10.0 Å². The lowest BCUT2D eigenvalue weighted by atomic mass is 10.1. The van der Waals surface area contributed by atoms with E-state index >= 15 is 0 Å². The minimum absolute atomic E-state index is 0.0327. The summed E-state index contributed by atoms with van der Waals surface area (Å²) < 4.78 is 61.4. The van der Waals surface area contributed by atoms with Crippen molar-refractivity contribution in [1.82, 2.24) is 9.29 Å². The van der Waals surface area contributed by atoms with Gasteiger partial charge in [0.15, 0.2) is 0 Å². The molecule has 132 valence electrons.